The molecule has 5 heterocycles. The zero-order valence-electron chi connectivity index (χ0n) is 17.7. The molecule has 1 aromatic carbocycles. The van der Waals surface area contributed by atoms with Gasteiger partial charge in [-0.05, 0) is 30.4 Å². The number of fused-ring (bicyclic) bond motifs is 2. The van der Waals surface area contributed by atoms with Crippen molar-refractivity contribution in [1.82, 2.24) is 34.3 Å². The number of hydrogen-bond donors (Lipinski definition) is 1. The van der Waals surface area contributed by atoms with Gasteiger partial charge in [0.25, 0.3) is 0 Å². The Hall–Kier alpha value is -3.68. The smallest absolute Gasteiger partial charge is 0.165 e. The van der Waals surface area contributed by atoms with Gasteiger partial charge in [0, 0.05) is 50.5 Å². The Morgan fingerprint density at radius 1 is 1.06 bits per heavy atom. The molecule has 0 spiro atoms. The van der Waals surface area contributed by atoms with Crippen molar-refractivity contribution in [3.8, 4) is 11.4 Å². The molecule has 156 valence electrons. The third kappa shape index (κ3) is 2.90. The third-order valence-electron chi connectivity index (χ3n) is 6.46. The highest BCUT2D eigenvalue weighted by Crippen LogP contribution is 2.35. The number of H-pyrrole nitrogens is 1. The number of aryl methyl sites for hydroxylation is 2. The van der Waals surface area contributed by atoms with Crippen LogP contribution in [0.5, 0.6) is 0 Å². The molecular weight excluding hydrogens is 388 g/mol. The van der Waals surface area contributed by atoms with Gasteiger partial charge in [-0.15, -0.1) is 0 Å². The summed E-state index contributed by atoms with van der Waals surface area (Å²) in [6, 6.07) is 8.56. The molecule has 1 saturated heterocycles. The Bertz CT molecular complexity index is 1380. The number of nitrogens with one attached hydrogen (secondary N) is 1. The van der Waals surface area contributed by atoms with Crippen LogP contribution in [0.2, 0.25) is 0 Å². The Balaban J connectivity index is 1.30. The molecule has 1 aliphatic heterocycles. The Morgan fingerprint density at radius 3 is 2.71 bits per heavy atom. The van der Waals surface area contributed by atoms with E-state index in [9.17, 15) is 0 Å². The fraction of sp³-hybridized carbons (Fsp3) is 0.304. The maximum Gasteiger partial charge on any atom is 0.165 e. The van der Waals surface area contributed by atoms with E-state index in [1.165, 1.54) is 16.5 Å². The van der Waals surface area contributed by atoms with Gasteiger partial charge in [0.1, 0.15) is 12.2 Å². The van der Waals surface area contributed by atoms with E-state index in [-0.39, 0.29) is 0 Å². The highest BCUT2D eigenvalue weighted by atomic mass is 15.3. The third-order valence-corrected chi connectivity index (χ3v) is 6.46. The average molecular weight is 413 g/mol. The normalized spacial score (nSPS) is 15.4. The maximum absolute atomic E-state index is 4.92. The summed E-state index contributed by atoms with van der Waals surface area (Å²) in [5.41, 5.74) is 5.33. The number of para-hydroxylation sites is 1. The van der Waals surface area contributed by atoms with Crippen LogP contribution in [0.4, 0.5) is 5.82 Å². The van der Waals surface area contributed by atoms with Gasteiger partial charge in [-0.25, -0.2) is 15.0 Å². The van der Waals surface area contributed by atoms with Crippen LogP contribution >= 0.6 is 0 Å². The van der Waals surface area contributed by atoms with Crippen molar-refractivity contribution in [3.05, 3.63) is 54.7 Å². The van der Waals surface area contributed by atoms with Crippen LogP contribution < -0.4 is 4.90 Å². The number of rotatable bonds is 3. The van der Waals surface area contributed by atoms with Gasteiger partial charge < -0.3 is 14.5 Å². The molecule has 0 saturated carbocycles. The van der Waals surface area contributed by atoms with Crippen LogP contribution in [0, 0.1) is 0 Å². The zero-order valence-corrected chi connectivity index (χ0v) is 17.7. The summed E-state index contributed by atoms with van der Waals surface area (Å²) in [4.78, 5) is 19.8. The van der Waals surface area contributed by atoms with Gasteiger partial charge in [0.2, 0.25) is 0 Å². The minimum atomic E-state index is 0.555. The molecule has 0 unspecified atom stereocenters. The summed E-state index contributed by atoms with van der Waals surface area (Å²) in [5, 5.41) is 5.63. The first kappa shape index (κ1) is 18.1. The second kappa shape index (κ2) is 6.94. The largest absolute Gasteiger partial charge is 0.361 e. The fourth-order valence-electron chi connectivity index (χ4n) is 4.85. The molecule has 6 rings (SSSR count). The van der Waals surface area contributed by atoms with E-state index >= 15 is 0 Å². The SMILES string of the molecule is Cn1cc(-c2nc3c(N4CCC(c5c[nH]c6ccccc56)CC4)ncnc3n2C)cn1. The van der Waals surface area contributed by atoms with E-state index in [0.717, 1.165) is 54.3 Å². The van der Waals surface area contributed by atoms with Gasteiger partial charge in [-0.3, -0.25) is 4.68 Å². The number of imidazole rings is 1. The second-order valence-corrected chi connectivity index (χ2v) is 8.32. The maximum atomic E-state index is 4.92. The summed E-state index contributed by atoms with van der Waals surface area (Å²) < 4.78 is 3.81. The lowest BCUT2D eigenvalue weighted by molar-refractivity contribution is 0.505. The number of anilines is 1. The van der Waals surface area contributed by atoms with Crippen LogP contribution in [-0.2, 0) is 14.1 Å². The zero-order chi connectivity index (χ0) is 20.9. The molecule has 1 fully saturated rings. The molecule has 1 aliphatic rings. The minimum Gasteiger partial charge on any atom is -0.361 e. The van der Waals surface area contributed by atoms with Crippen molar-refractivity contribution >= 4 is 27.9 Å². The first-order valence-electron chi connectivity index (χ1n) is 10.7. The summed E-state index contributed by atoms with van der Waals surface area (Å²) in [7, 11) is 3.91. The molecule has 8 heteroatoms. The Kier molecular flexibility index (Phi) is 4.05. The lowest BCUT2D eigenvalue weighted by Crippen LogP contribution is -2.33. The van der Waals surface area contributed by atoms with Gasteiger partial charge in [-0.1, -0.05) is 18.2 Å². The topological polar surface area (TPSA) is 80.5 Å². The summed E-state index contributed by atoms with van der Waals surface area (Å²) in [6.45, 7) is 1.91. The molecule has 0 bridgehead atoms. The highest BCUT2D eigenvalue weighted by molar-refractivity contribution is 5.87. The first-order valence-corrected chi connectivity index (χ1v) is 10.7. The number of aromatic amines is 1. The molecule has 8 nitrogen and oxygen atoms in total. The Morgan fingerprint density at radius 2 is 1.90 bits per heavy atom. The molecule has 5 aromatic rings. The van der Waals surface area contributed by atoms with Crippen LogP contribution in [-0.4, -0.2) is 47.4 Å². The average Bonchev–Trinajstić information content (AvgIpc) is 3.51. The van der Waals surface area contributed by atoms with Crippen LogP contribution in [0.25, 0.3) is 33.5 Å². The number of nitrogens with zero attached hydrogens (tertiary/aromatic N) is 7. The van der Waals surface area contributed by atoms with Crippen molar-refractivity contribution in [2.24, 2.45) is 14.1 Å². The van der Waals surface area contributed by atoms with Crippen molar-refractivity contribution in [2.75, 3.05) is 18.0 Å². The summed E-state index contributed by atoms with van der Waals surface area (Å²) >= 11 is 0. The van der Waals surface area contributed by atoms with Crippen LogP contribution in [0.3, 0.4) is 0 Å². The van der Waals surface area contributed by atoms with Crippen molar-refractivity contribution in [1.29, 1.82) is 0 Å². The lowest BCUT2D eigenvalue weighted by Gasteiger charge is -2.32. The molecule has 0 radical (unpaired) electrons. The molecule has 0 amide bonds. The summed E-state index contributed by atoms with van der Waals surface area (Å²) in [5.74, 6) is 2.34. The fourth-order valence-corrected chi connectivity index (χ4v) is 4.85. The van der Waals surface area contributed by atoms with Crippen molar-refractivity contribution in [2.45, 2.75) is 18.8 Å². The lowest BCUT2D eigenvalue weighted by atomic mass is 9.89. The van der Waals surface area contributed by atoms with E-state index < -0.39 is 0 Å². The van der Waals surface area contributed by atoms with E-state index in [0.29, 0.717) is 5.92 Å². The second-order valence-electron chi connectivity index (χ2n) is 8.32. The van der Waals surface area contributed by atoms with Gasteiger partial charge in [0.15, 0.2) is 17.0 Å². The molecule has 31 heavy (non-hydrogen) atoms. The van der Waals surface area contributed by atoms with Crippen LogP contribution in [0.15, 0.2) is 49.2 Å². The predicted octanol–water partition coefficient (Wildman–Crippen LogP) is 3.63. The highest BCUT2D eigenvalue weighted by Gasteiger charge is 2.26. The van der Waals surface area contributed by atoms with E-state index in [1.807, 2.05) is 31.1 Å². The monoisotopic (exact) mass is 412 g/mol. The molecule has 0 aliphatic carbocycles. The molecule has 4 aromatic heterocycles. The molecule has 0 atom stereocenters. The van der Waals surface area contributed by atoms with E-state index in [2.05, 4.69) is 55.4 Å². The van der Waals surface area contributed by atoms with E-state index in [4.69, 9.17) is 4.98 Å². The number of aromatic nitrogens is 7. The Labute approximate surface area is 179 Å². The number of benzene rings is 1. The minimum absolute atomic E-state index is 0.555. The van der Waals surface area contributed by atoms with Crippen molar-refractivity contribution < 1.29 is 0 Å². The predicted molar refractivity (Wildman–Crippen MR) is 121 cm³/mol. The van der Waals surface area contributed by atoms with Gasteiger partial charge in [-0.2, -0.15) is 5.10 Å². The first-order chi connectivity index (χ1) is 15.2. The standard InChI is InChI=1S/C23H24N8/c1-29-13-16(11-27-29)21-28-20-22(30(21)2)25-14-26-23(20)31-9-7-15(8-10-31)18-12-24-19-6-4-3-5-17(18)19/h3-6,11-15,24H,7-10H2,1-2H3. The molecular formula is C23H24N8. The number of piperidine rings is 1. The summed E-state index contributed by atoms with van der Waals surface area (Å²) in [6.07, 6.45) is 9.83. The molecule has 1 N–H and O–H groups in total. The quantitative estimate of drug-likeness (QED) is 0.489. The van der Waals surface area contributed by atoms with Gasteiger partial charge in [0.05, 0.1) is 11.8 Å². The number of hydrogen-bond acceptors (Lipinski definition) is 5. The van der Waals surface area contributed by atoms with Crippen molar-refractivity contribution in [3.63, 3.8) is 0 Å². The van der Waals surface area contributed by atoms with E-state index in [1.54, 1.807) is 11.0 Å². The van der Waals surface area contributed by atoms with Gasteiger partial charge >= 0.3 is 0 Å². The van der Waals surface area contributed by atoms with Crippen LogP contribution in [0.1, 0.15) is 24.3 Å².